The van der Waals surface area contributed by atoms with Crippen molar-refractivity contribution >= 4 is 0 Å². The predicted molar refractivity (Wildman–Crippen MR) is 73.6 cm³/mol. The van der Waals surface area contributed by atoms with Crippen LogP contribution in [0.5, 0.6) is 0 Å². The molecule has 0 radical (unpaired) electrons. The third kappa shape index (κ3) is 3.12. The van der Waals surface area contributed by atoms with Crippen LogP contribution in [0.3, 0.4) is 0 Å². The molecule has 1 atom stereocenters. The Morgan fingerprint density at radius 3 is 2.50 bits per heavy atom. The molecule has 18 heavy (non-hydrogen) atoms. The Morgan fingerprint density at radius 1 is 1.22 bits per heavy atom. The van der Waals surface area contributed by atoms with Crippen LogP contribution in [0.4, 0.5) is 0 Å². The molecule has 100 valence electrons. The average molecular weight is 248 g/mol. The fraction of sp³-hybridized carbons (Fsp3) is 0.625. The van der Waals surface area contributed by atoms with Crippen LogP contribution in [-0.2, 0) is 11.2 Å². The maximum absolute atomic E-state index is 10.5. The summed E-state index contributed by atoms with van der Waals surface area (Å²) in [6.07, 6.45) is 5.78. The van der Waals surface area contributed by atoms with Crippen LogP contribution in [0.2, 0.25) is 0 Å². The fourth-order valence-corrected chi connectivity index (χ4v) is 3.05. The first-order valence-electron chi connectivity index (χ1n) is 7.13. The van der Waals surface area contributed by atoms with Crippen molar-refractivity contribution in [2.24, 2.45) is 0 Å². The third-order valence-electron chi connectivity index (χ3n) is 4.04. The van der Waals surface area contributed by atoms with Crippen molar-refractivity contribution in [1.29, 1.82) is 0 Å². The monoisotopic (exact) mass is 248 g/mol. The van der Waals surface area contributed by atoms with Gasteiger partial charge in [0.25, 0.3) is 0 Å². The summed E-state index contributed by atoms with van der Waals surface area (Å²) < 4.78 is 5.89. The van der Waals surface area contributed by atoms with Gasteiger partial charge in [-0.15, -0.1) is 0 Å². The SMILES string of the molecule is CCOC1(C(O)CCc2ccccc2)CCCC1. The minimum atomic E-state index is -0.333. The second kappa shape index (κ2) is 6.35. The van der Waals surface area contributed by atoms with Crippen molar-refractivity contribution < 1.29 is 9.84 Å². The first kappa shape index (κ1) is 13.6. The fourth-order valence-electron chi connectivity index (χ4n) is 3.05. The van der Waals surface area contributed by atoms with Crippen molar-refractivity contribution in [2.75, 3.05) is 6.61 Å². The van der Waals surface area contributed by atoms with Crippen molar-refractivity contribution in [3.05, 3.63) is 35.9 Å². The summed E-state index contributed by atoms with van der Waals surface area (Å²) in [4.78, 5) is 0. The van der Waals surface area contributed by atoms with Gasteiger partial charge in [0.15, 0.2) is 0 Å². The van der Waals surface area contributed by atoms with Gasteiger partial charge in [-0.2, -0.15) is 0 Å². The molecule has 1 aliphatic carbocycles. The van der Waals surface area contributed by atoms with Crippen LogP contribution in [0.25, 0.3) is 0 Å². The Bertz CT molecular complexity index is 341. The molecule has 0 aliphatic heterocycles. The molecule has 1 aromatic rings. The molecular formula is C16H24O2. The number of benzene rings is 1. The lowest BCUT2D eigenvalue weighted by molar-refractivity contribution is -0.118. The predicted octanol–water partition coefficient (Wildman–Crippen LogP) is 3.33. The van der Waals surface area contributed by atoms with Crippen LogP contribution in [0, 0.1) is 0 Å². The van der Waals surface area contributed by atoms with Crippen LogP contribution < -0.4 is 0 Å². The van der Waals surface area contributed by atoms with Gasteiger partial charge >= 0.3 is 0 Å². The van der Waals surface area contributed by atoms with Crippen LogP contribution in [-0.4, -0.2) is 23.4 Å². The van der Waals surface area contributed by atoms with Gasteiger partial charge in [0.2, 0.25) is 0 Å². The highest BCUT2D eigenvalue weighted by molar-refractivity contribution is 5.15. The summed E-state index contributed by atoms with van der Waals surface area (Å²) in [5.41, 5.74) is 1.03. The second-order valence-electron chi connectivity index (χ2n) is 5.24. The van der Waals surface area contributed by atoms with Crippen molar-refractivity contribution in [3.8, 4) is 0 Å². The molecule has 0 amide bonds. The Labute approximate surface area is 110 Å². The first-order valence-corrected chi connectivity index (χ1v) is 7.13. The molecule has 1 aliphatic rings. The van der Waals surface area contributed by atoms with Crippen molar-refractivity contribution in [2.45, 2.75) is 57.2 Å². The number of aryl methyl sites for hydroxylation is 1. The molecule has 0 spiro atoms. The van der Waals surface area contributed by atoms with E-state index in [9.17, 15) is 5.11 Å². The third-order valence-corrected chi connectivity index (χ3v) is 4.04. The molecule has 1 unspecified atom stereocenters. The quantitative estimate of drug-likeness (QED) is 0.836. The lowest BCUT2D eigenvalue weighted by atomic mass is 9.90. The molecule has 1 fully saturated rings. The van der Waals surface area contributed by atoms with Crippen LogP contribution >= 0.6 is 0 Å². The van der Waals surface area contributed by atoms with Gasteiger partial charge in [-0.1, -0.05) is 43.2 Å². The molecule has 1 N–H and O–H groups in total. The second-order valence-corrected chi connectivity index (χ2v) is 5.24. The van der Waals surface area contributed by atoms with E-state index < -0.39 is 0 Å². The zero-order valence-corrected chi connectivity index (χ0v) is 11.3. The Balaban J connectivity index is 1.91. The maximum Gasteiger partial charge on any atom is 0.0940 e. The highest BCUT2D eigenvalue weighted by Crippen LogP contribution is 2.37. The number of aliphatic hydroxyl groups is 1. The number of hydrogen-bond acceptors (Lipinski definition) is 2. The summed E-state index contributed by atoms with van der Waals surface area (Å²) in [5, 5.41) is 10.5. The van der Waals surface area contributed by atoms with E-state index in [-0.39, 0.29) is 11.7 Å². The first-order chi connectivity index (χ1) is 8.77. The van der Waals surface area contributed by atoms with Gasteiger partial charge in [0.05, 0.1) is 11.7 Å². The normalized spacial score (nSPS) is 19.9. The van der Waals surface area contributed by atoms with E-state index in [1.807, 2.05) is 13.0 Å². The summed E-state index contributed by atoms with van der Waals surface area (Å²) in [7, 11) is 0. The zero-order valence-electron chi connectivity index (χ0n) is 11.3. The number of rotatable bonds is 6. The molecule has 0 saturated heterocycles. The van der Waals surface area contributed by atoms with E-state index in [2.05, 4.69) is 24.3 Å². The number of ether oxygens (including phenoxy) is 1. The molecule has 0 bridgehead atoms. The molecule has 0 heterocycles. The van der Waals surface area contributed by atoms with E-state index in [1.165, 1.54) is 18.4 Å². The highest BCUT2D eigenvalue weighted by atomic mass is 16.5. The molecule has 2 heteroatoms. The zero-order chi connectivity index (χ0) is 12.8. The molecule has 1 aromatic carbocycles. The summed E-state index contributed by atoms with van der Waals surface area (Å²) in [6.45, 7) is 2.71. The average Bonchev–Trinajstić information content (AvgIpc) is 2.87. The Morgan fingerprint density at radius 2 is 1.89 bits per heavy atom. The molecular weight excluding hydrogens is 224 g/mol. The lowest BCUT2D eigenvalue weighted by Crippen LogP contribution is -2.42. The van der Waals surface area contributed by atoms with Gasteiger partial charge in [0, 0.05) is 6.61 Å². The van der Waals surface area contributed by atoms with Gasteiger partial charge in [-0.05, 0) is 38.2 Å². The molecule has 0 aromatic heterocycles. The number of aliphatic hydroxyl groups excluding tert-OH is 1. The minimum absolute atomic E-state index is 0.260. The molecule has 2 nitrogen and oxygen atoms in total. The largest absolute Gasteiger partial charge is 0.390 e. The molecule has 2 rings (SSSR count). The maximum atomic E-state index is 10.5. The van der Waals surface area contributed by atoms with Crippen molar-refractivity contribution in [1.82, 2.24) is 0 Å². The van der Waals surface area contributed by atoms with Gasteiger partial charge in [-0.3, -0.25) is 0 Å². The van der Waals surface area contributed by atoms with Crippen LogP contribution in [0.1, 0.15) is 44.6 Å². The highest BCUT2D eigenvalue weighted by Gasteiger charge is 2.40. The van der Waals surface area contributed by atoms with E-state index in [0.717, 1.165) is 25.7 Å². The lowest BCUT2D eigenvalue weighted by Gasteiger charge is -2.34. The Kier molecular flexibility index (Phi) is 4.79. The molecule has 1 saturated carbocycles. The standard InChI is InChI=1S/C16H24O2/c1-2-18-16(12-6-7-13-16)15(17)11-10-14-8-4-3-5-9-14/h3-5,8-9,15,17H,2,6-7,10-13H2,1H3. The summed E-state index contributed by atoms with van der Waals surface area (Å²) in [5.74, 6) is 0. The van der Waals surface area contributed by atoms with E-state index in [1.54, 1.807) is 0 Å². The summed E-state index contributed by atoms with van der Waals surface area (Å²) >= 11 is 0. The van der Waals surface area contributed by atoms with E-state index in [4.69, 9.17) is 4.74 Å². The topological polar surface area (TPSA) is 29.5 Å². The minimum Gasteiger partial charge on any atom is -0.390 e. The van der Waals surface area contributed by atoms with Gasteiger partial charge in [-0.25, -0.2) is 0 Å². The summed E-state index contributed by atoms with van der Waals surface area (Å²) in [6, 6.07) is 10.4. The van der Waals surface area contributed by atoms with Crippen LogP contribution in [0.15, 0.2) is 30.3 Å². The van der Waals surface area contributed by atoms with Gasteiger partial charge < -0.3 is 9.84 Å². The van der Waals surface area contributed by atoms with E-state index >= 15 is 0 Å². The Hall–Kier alpha value is -0.860. The van der Waals surface area contributed by atoms with Crippen molar-refractivity contribution in [3.63, 3.8) is 0 Å². The smallest absolute Gasteiger partial charge is 0.0940 e. The number of hydrogen-bond donors (Lipinski definition) is 1. The van der Waals surface area contributed by atoms with E-state index in [0.29, 0.717) is 6.61 Å². The van der Waals surface area contributed by atoms with Gasteiger partial charge in [0.1, 0.15) is 0 Å².